The van der Waals surface area contributed by atoms with Crippen LogP contribution in [0.5, 0.6) is 0 Å². The summed E-state index contributed by atoms with van der Waals surface area (Å²) < 4.78 is 26.7. The number of alkyl halides is 3. The van der Waals surface area contributed by atoms with E-state index in [0.29, 0.717) is 11.9 Å². The van der Waals surface area contributed by atoms with Gasteiger partial charge in [-0.05, 0) is 5.92 Å². The summed E-state index contributed by atoms with van der Waals surface area (Å²) in [6.07, 6.45) is 1.75. The molecule has 0 atom stereocenters. The lowest BCUT2D eigenvalue weighted by atomic mass is 9.81. The molecule has 0 spiro atoms. The Balaban J connectivity index is 1.87. The Hall–Kier alpha value is -0.520. The molecule has 78 valence electrons. The van der Waals surface area contributed by atoms with Gasteiger partial charge in [-0.25, -0.2) is 8.78 Å². The Kier molecular flexibility index (Phi) is 2.55. The Labute approximate surface area is 88.6 Å². The van der Waals surface area contributed by atoms with Gasteiger partial charge in [-0.2, -0.15) is 0 Å². The van der Waals surface area contributed by atoms with Gasteiger partial charge in [0.15, 0.2) is 0 Å². The molecule has 1 aliphatic carbocycles. The molecule has 0 aliphatic heterocycles. The molecule has 0 aromatic carbocycles. The normalized spacial score (nSPS) is 20.8. The minimum Gasteiger partial charge on any atom is -0.252 e. The van der Waals surface area contributed by atoms with Gasteiger partial charge in [0.05, 0.1) is 5.69 Å². The van der Waals surface area contributed by atoms with Crippen molar-refractivity contribution in [1.29, 1.82) is 0 Å². The molecule has 0 amide bonds. The zero-order valence-electron chi connectivity index (χ0n) is 7.46. The van der Waals surface area contributed by atoms with Gasteiger partial charge >= 0.3 is 0 Å². The van der Waals surface area contributed by atoms with Gasteiger partial charge in [-0.1, -0.05) is 21.1 Å². The monoisotopic (exact) mass is 265 g/mol. The van der Waals surface area contributed by atoms with E-state index in [1.165, 1.54) is 0 Å². The van der Waals surface area contributed by atoms with Crippen LogP contribution in [0.4, 0.5) is 8.78 Å². The Morgan fingerprint density at radius 2 is 2.29 bits per heavy atom. The maximum atomic E-state index is 12.5. The average molecular weight is 266 g/mol. The Morgan fingerprint density at radius 1 is 1.57 bits per heavy atom. The first-order chi connectivity index (χ1) is 6.59. The maximum Gasteiger partial charge on any atom is 0.248 e. The van der Waals surface area contributed by atoms with Crippen LogP contribution in [0.2, 0.25) is 0 Å². The van der Waals surface area contributed by atoms with Crippen molar-refractivity contribution in [2.24, 2.45) is 5.92 Å². The molecule has 14 heavy (non-hydrogen) atoms. The summed E-state index contributed by atoms with van der Waals surface area (Å²) in [5.41, 5.74) is 0.830. The highest BCUT2D eigenvalue weighted by Crippen LogP contribution is 2.42. The lowest BCUT2D eigenvalue weighted by Gasteiger charge is -2.34. The molecular formula is C8H10BrF2N3. The number of halogens is 3. The molecule has 1 saturated carbocycles. The third kappa shape index (κ3) is 2.10. The molecule has 1 heterocycles. The number of rotatable bonds is 3. The smallest absolute Gasteiger partial charge is 0.248 e. The average Bonchev–Trinajstić information content (AvgIpc) is 2.49. The van der Waals surface area contributed by atoms with Crippen LogP contribution in [-0.4, -0.2) is 20.9 Å². The van der Waals surface area contributed by atoms with E-state index in [-0.39, 0.29) is 18.8 Å². The first-order valence-corrected chi connectivity index (χ1v) is 5.54. The van der Waals surface area contributed by atoms with Gasteiger partial charge in [-0.15, -0.1) is 5.10 Å². The summed E-state index contributed by atoms with van der Waals surface area (Å²) in [7, 11) is 0. The molecule has 0 radical (unpaired) electrons. The quantitative estimate of drug-likeness (QED) is 0.785. The third-order valence-corrected chi connectivity index (χ3v) is 2.92. The van der Waals surface area contributed by atoms with Crippen molar-refractivity contribution < 1.29 is 8.78 Å². The van der Waals surface area contributed by atoms with Gasteiger partial charge in [0.1, 0.15) is 0 Å². The molecule has 1 aromatic rings. The van der Waals surface area contributed by atoms with Gasteiger partial charge in [0, 0.05) is 30.9 Å². The van der Waals surface area contributed by atoms with Crippen molar-refractivity contribution in [2.75, 3.05) is 0 Å². The van der Waals surface area contributed by atoms with Crippen molar-refractivity contribution in [3.05, 3.63) is 11.9 Å². The van der Waals surface area contributed by atoms with Crippen LogP contribution in [-0.2, 0) is 11.9 Å². The Morgan fingerprint density at radius 3 is 2.79 bits per heavy atom. The molecule has 0 saturated heterocycles. The molecular weight excluding hydrogens is 256 g/mol. The lowest BCUT2D eigenvalue weighted by Crippen LogP contribution is -2.37. The van der Waals surface area contributed by atoms with Crippen molar-refractivity contribution in [3.63, 3.8) is 0 Å². The zero-order chi connectivity index (χ0) is 10.2. The molecule has 1 aromatic heterocycles. The highest BCUT2D eigenvalue weighted by atomic mass is 79.9. The first kappa shape index (κ1) is 10.0. The summed E-state index contributed by atoms with van der Waals surface area (Å²) in [5.74, 6) is -2.39. The minimum atomic E-state index is -2.44. The van der Waals surface area contributed by atoms with E-state index < -0.39 is 5.92 Å². The standard InChI is InChI=1S/C8H10BrF2N3/c9-3-7-5-14(13-12-7)4-6-1-8(10,11)2-6/h5-6H,1-4H2. The molecule has 2 rings (SSSR count). The lowest BCUT2D eigenvalue weighted by molar-refractivity contribution is -0.114. The molecule has 1 aliphatic rings. The largest absolute Gasteiger partial charge is 0.252 e. The maximum absolute atomic E-state index is 12.5. The molecule has 0 N–H and O–H groups in total. The minimum absolute atomic E-state index is 0.0174. The van der Waals surface area contributed by atoms with Crippen molar-refractivity contribution in [3.8, 4) is 0 Å². The van der Waals surface area contributed by atoms with E-state index in [1.807, 2.05) is 0 Å². The highest BCUT2D eigenvalue weighted by Gasteiger charge is 2.45. The topological polar surface area (TPSA) is 30.7 Å². The molecule has 1 fully saturated rings. The fourth-order valence-electron chi connectivity index (χ4n) is 1.67. The second-order valence-electron chi connectivity index (χ2n) is 3.70. The van der Waals surface area contributed by atoms with Crippen LogP contribution in [0.25, 0.3) is 0 Å². The number of hydrogen-bond donors (Lipinski definition) is 0. The van der Waals surface area contributed by atoms with Crippen molar-refractivity contribution >= 4 is 15.9 Å². The fourth-order valence-corrected chi connectivity index (χ4v) is 1.92. The van der Waals surface area contributed by atoms with E-state index >= 15 is 0 Å². The first-order valence-electron chi connectivity index (χ1n) is 4.42. The van der Waals surface area contributed by atoms with Crippen LogP contribution in [0.1, 0.15) is 18.5 Å². The molecule has 0 unspecified atom stereocenters. The van der Waals surface area contributed by atoms with Gasteiger partial charge in [-0.3, -0.25) is 4.68 Å². The molecule has 6 heteroatoms. The molecule has 0 bridgehead atoms. The number of hydrogen-bond acceptors (Lipinski definition) is 2. The third-order valence-electron chi connectivity index (χ3n) is 2.34. The van der Waals surface area contributed by atoms with Gasteiger partial charge in [0.25, 0.3) is 0 Å². The summed E-state index contributed by atoms with van der Waals surface area (Å²) in [6, 6.07) is 0. The second-order valence-corrected chi connectivity index (χ2v) is 4.26. The predicted molar refractivity (Wildman–Crippen MR) is 50.3 cm³/mol. The van der Waals surface area contributed by atoms with E-state index in [0.717, 1.165) is 5.69 Å². The zero-order valence-corrected chi connectivity index (χ0v) is 9.04. The van der Waals surface area contributed by atoms with Crippen molar-refractivity contribution in [1.82, 2.24) is 15.0 Å². The second kappa shape index (κ2) is 3.56. The van der Waals surface area contributed by atoms with Crippen LogP contribution < -0.4 is 0 Å². The van der Waals surface area contributed by atoms with E-state index in [4.69, 9.17) is 0 Å². The number of nitrogens with zero attached hydrogens (tertiary/aromatic N) is 3. The predicted octanol–water partition coefficient (Wildman–Crippen LogP) is 2.22. The van der Waals surface area contributed by atoms with Gasteiger partial charge in [0.2, 0.25) is 5.92 Å². The summed E-state index contributed by atoms with van der Waals surface area (Å²) in [5, 5.41) is 8.36. The SMILES string of the molecule is FC1(F)CC(Cn2cc(CBr)nn2)C1. The van der Waals surface area contributed by atoms with E-state index in [9.17, 15) is 8.78 Å². The summed E-state index contributed by atoms with van der Waals surface area (Å²) in [6.45, 7) is 0.551. The van der Waals surface area contributed by atoms with Crippen molar-refractivity contribution in [2.45, 2.75) is 30.6 Å². The van der Waals surface area contributed by atoms with Crippen LogP contribution in [0.15, 0.2) is 6.20 Å². The highest BCUT2D eigenvalue weighted by molar-refractivity contribution is 9.08. The van der Waals surface area contributed by atoms with E-state index in [1.54, 1.807) is 10.9 Å². The van der Waals surface area contributed by atoms with Crippen LogP contribution in [0, 0.1) is 5.92 Å². The number of aromatic nitrogens is 3. The van der Waals surface area contributed by atoms with Crippen LogP contribution >= 0.6 is 15.9 Å². The van der Waals surface area contributed by atoms with Crippen LogP contribution in [0.3, 0.4) is 0 Å². The van der Waals surface area contributed by atoms with E-state index in [2.05, 4.69) is 26.2 Å². The Bertz CT molecular complexity index is 318. The van der Waals surface area contributed by atoms with Gasteiger partial charge < -0.3 is 0 Å². The summed E-state index contributed by atoms with van der Waals surface area (Å²) in [4.78, 5) is 0. The molecule has 3 nitrogen and oxygen atoms in total. The summed E-state index contributed by atoms with van der Waals surface area (Å²) >= 11 is 3.25. The fraction of sp³-hybridized carbons (Fsp3) is 0.750.